The highest BCUT2D eigenvalue weighted by molar-refractivity contribution is 9.10. The normalized spacial score (nSPS) is 10.5. The minimum Gasteiger partial charge on any atom is -0.465 e. The van der Waals surface area contributed by atoms with Gasteiger partial charge in [0.15, 0.2) is 0 Å². The average Bonchev–Trinajstić information content (AvgIpc) is 2.19. The van der Waals surface area contributed by atoms with E-state index in [9.17, 15) is 18.4 Å². The van der Waals surface area contributed by atoms with Gasteiger partial charge in [0.1, 0.15) is 5.56 Å². The molecule has 0 saturated heterocycles. The maximum absolute atomic E-state index is 12.3. The van der Waals surface area contributed by atoms with E-state index in [0.29, 0.717) is 0 Å². The molecule has 0 amide bonds. The van der Waals surface area contributed by atoms with Crippen LogP contribution in [0.25, 0.3) is 0 Å². The zero-order valence-electron chi connectivity index (χ0n) is 7.51. The number of carbonyl (C=O) groups excluding carboxylic acids is 1. The third-order valence-electron chi connectivity index (χ3n) is 1.64. The summed E-state index contributed by atoms with van der Waals surface area (Å²) in [5.74, 6) is -0.877. The summed E-state index contributed by atoms with van der Waals surface area (Å²) in [5, 5.41) is 0. The van der Waals surface area contributed by atoms with E-state index in [4.69, 9.17) is 0 Å². The van der Waals surface area contributed by atoms with Crippen molar-refractivity contribution in [3.63, 3.8) is 0 Å². The molecule has 0 fully saturated rings. The molecule has 4 nitrogen and oxygen atoms in total. The molecule has 0 aliphatic rings. The van der Waals surface area contributed by atoms with Crippen molar-refractivity contribution in [2.75, 3.05) is 7.11 Å². The van der Waals surface area contributed by atoms with Crippen molar-refractivity contribution < 1.29 is 18.3 Å². The molecule has 15 heavy (non-hydrogen) atoms. The molecule has 0 radical (unpaired) electrons. The number of ether oxygens (including phenoxy) is 1. The summed E-state index contributed by atoms with van der Waals surface area (Å²) in [6, 6.07) is 1.01. The highest BCUT2D eigenvalue weighted by Gasteiger charge is 2.18. The van der Waals surface area contributed by atoms with Crippen LogP contribution in [0.2, 0.25) is 0 Å². The number of halogens is 3. The molecule has 1 N–H and O–H groups in total. The average molecular weight is 282 g/mol. The number of nitrogens with one attached hydrogen (secondary N) is 1. The number of pyridine rings is 1. The Hall–Kier alpha value is -1.24. The first-order chi connectivity index (χ1) is 6.97. The first kappa shape index (κ1) is 11.8. The quantitative estimate of drug-likeness (QED) is 0.842. The van der Waals surface area contributed by atoms with Crippen molar-refractivity contribution in [3.8, 4) is 0 Å². The fraction of sp³-hybridized carbons (Fsp3) is 0.250. The number of aromatic amines is 1. The molecule has 0 atom stereocenters. The molecule has 1 aromatic rings. The van der Waals surface area contributed by atoms with Crippen LogP contribution in [0.15, 0.2) is 15.3 Å². The molecule has 0 bridgehead atoms. The summed E-state index contributed by atoms with van der Waals surface area (Å²) in [6.07, 6.45) is -2.82. The van der Waals surface area contributed by atoms with Crippen molar-refractivity contribution in [2.24, 2.45) is 0 Å². The van der Waals surface area contributed by atoms with Crippen molar-refractivity contribution >= 4 is 21.9 Å². The molecule has 0 aliphatic heterocycles. The van der Waals surface area contributed by atoms with E-state index in [0.717, 1.165) is 13.2 Å². The van der Waals surface area contributed by atoms with Gasteiger partial charge < -0.3 is 9.72 Å². The standard InChI is InChI=1S/C8H6BrF2NO3/c1-15-8(14)3-2-4(9)5(6(10)11)12-7(3)13/h2,6H,1H3,(H,12,13). The van der Waals surface area contributed by atoms with Gasteiger partial charge in [-0.15, -0.1) is 0 Å². The number of carbonyl (C=O) groups is 1. The van der Waals surface area contributed by atoms with Gasteiger partial charge >= 0.3 is 5.97 Å². The summed E-state index contributed by atoms with van der Waals surface area (Å²) in [7, 11) is 1.09. The molecule has 0 saturated carbocycles. The zero-order valence-corrected chi connectivity index (χ0v) is 9.10. The highest BCUT2D eigenvalue weighted by Crippen LogP contribution is 2.24. The van der Waals surface area contributed by atoms with Crippen LogP contribution < -0.4 is 5.56 Å². The third kappa shape index (κ3) is 2.41. The van der Waals surface area contributed by atoms with Crippen molar-refractivity contribution in [2.45, 2.75) is 6.43 Å². The summed E-state index contributed by atoms with van der Waals surface area (Å²) >= 11 is 2.82. The second-order valence-electron chi connectivity index (χ2n) is 2.57. The number of esters is 1. The number of H-pyrrole nitrogens is 1. The Labute approximate surface area is 91.4 Å². The van der Waals surface area contributed by atoms with E-state index >= 15 is 0 Å². The van der Waals surface area contributed by atoms with E-state index in [1.54, 1.807) is 0 Å². The predicted molar refractivity (Wildman–Crippen MR) is 51.1 cm³/mol. The van der Waals surface area contributed by atoms with Gasteiger partial charge in [-0.1, -0.05) is 0 Å². The fourth-order valence-electron chi connectivity index (χ4n) is 0.940. The van der Waals surface area contributed by atoms with Crippen LogP contribution in [0.3, 0.4) is 0 Å². The molecular weight excluding hydrogens is 276 g/mol. The minimum absolute atomic E-state index is 0.0440. The number of rotatable bonds is 2. The van der Waals surface area contributed by atoms with E-state index in [1.165, 1.54) is 0 Å². The number of alkyl halides is 2. The van der Waals surface area contributed by atoms with Crippen LogP contribution in [0.5, 0.6) is 0 Å². The second kappa shape index (κ2) is 4.52. The summed E-state index contributed by atoms with van der Waals surface area (Å²) in [5.41, 5.74) is -1.79. The Morgan fingerprint density at radius 1 is 1.60 bits per heavy atom. The molecule has 1 heterocycles. The molecule has 1 rings (SSSR count). The van der Waals surface area contributed by atoms with Crippen LogP contribution in [-0.4, -0.2) is 18.1 Å². The van der Waals surface area contributed by atoms with Gasteiger partial charge in [-0.3, -0.25) is 4.79 Å². The number of aromatic nitrogens is 1. The Morgan fingerprint density at radius 2 is 2.20 bits per heavy atom. The predicted octanol–water partition coefficient (Wildman–Crippen LogP) is 1.86. The van der Waals surface area contributed by atoms with Crippen molar-refractivity contribution in [1.29, 1.82) is 0 Å². The van der Waals surface area contributed by atoms with Crippen LogP contribution in [0, 0.1) is 0 Å². The van der Waals surface area contributed by atoms with Gasteiger partial charge in [0, 0.05) is 4.47 Å². The van der Waals surface area contributed by atoms with E-state index in [1.807, 2.05) is 4.98 Å². The molecule has 7 heteroatoms. The van der Waals surface area contributed by atoms with Gasteiger partial charge in [-0.2, -0.15) is 0 Å². The monoisotopic (exact) mass is 281 g/mol. The molecular formula is C8H6BrF2NO3. The van der Waals surface area contributed by atoms with Crippen molar-refractivity contribution in [1.82, 2.24) is 4.98 Å². The highest BCUT2D eigenvalue weighted by atomic mass is 79.9. The Kier molecular flexibility index (Phi) is 3.57. The minimum atomic E-state index is -2.82. The van der Waals surface area contributed by atoms with E-state index in [2.05, 4.69) is 20.7 Å². The Morgan fingerprint density at radius 3 is 2.67 bits per heavy atom. The van der Waals surface area contributed by atoms with Gasteiger partial charge in [0.2, 0.25) is 0 Å². The maximum atomic E-state index is 12.3. The number of methoxy groups -OCH3 is 1. The lowest BCUT2D eigenvalue weighted by atomic mass is 10.2. The van der Waals surface area contributed by atoms with Gasteiger partial charge in [-0.05, 0) is 22.0 Å². The van der Waals surface area contributed by atoms with Crippen LogP contribution in [0.1, 0.15) is 22.5 Å². The first-order valence-electron chi connectivity index (χ1n) is 3.76. The van der Waals surface area contributed by atoms with E-state index < -0.39 is 23.6 Å². The van der Waals surface area contributed by atoms with Crippen molar-refractivity contribution in [3.05, 3.63) is 32.2 Å². The van der Waals surface area contributed by atoms with Gasteiger partial charge in [-0.25, -0.2) is 13.6 Å². The van der Waals surface area contributed by atoms with Crippen LogP contribution in [0.4, 0.5) is 8.78 Å². The summed E-state index contributed by atoms with van der Waals surface area (Å²) in [6.45, 7) is 0. The van der Waals surface area contributed by atoms with Gasteiger partial charge in [0.25, 0.3) is 12.0 Å². The topological polar surface area (TPSA) is 59.2 Å². The second-order valence-corrected chi connectivity index (χ2v) is 3.42. The molecule has 82 valence electrons. The zero-order chi connectivity index (χ0) is 11.6. The van der Waals surface area contributed by atoms with Gasteiger partial charge in [0.05, 0.1) is 12.8 Å². The lowest BCUT2D eigenvalue weighted by Crippen LogP contribution is -2.20. The van der Waals surface area contributed by atoms with Crippen LogP contribution >= 0.6 is 15.9 Å². The molecule has 1 aromatic heterocycles. The largest absolute Gasteiger partial charge is 0.465 e. The Bertz CT molecular complexity index is 444. The lowest BCUT2D eigenvalue weighted by molar-refractivity contribution is 0.0597. The maximum Gasteiger partial charge on any atom is 0.343 e. The fourth-order valence-corrected chi connectivity index (χ4v) is 1.44. The Balaban J connectivity index is 3.32. The number of hydrogen-bond acceptors (Lipinski definition) is 3. The van der Waals surface area contributed by atoms with Crippen LogP contribution in [-0.2, 0) is 4.74 Å². The molecule has 0 unspecified atom stereocenters. The summed E-state index contributed by atoms with van der Waals surface area (Å²) < 4.78 is 28.9. The molecule has 0 aliphatic carbocycles. The van der Waals surface area contributed by atoms with E-state index in [-0.39, 0.29) is 10.0 Å². The molecule has 0 spiro atoms. The third-order valence-corrected chi connectivity index (χ3v) is 2.30. The number of hydrogen-bond donors (Lipinski definition) is 1. The SMILES string of the molecule is COC(=O)c1cc(Br)c(C(F)F)[nH]c1=O. The summed E-state index contributed by atoms with van der Waals surface area (Å²) in [4.78, 5) is 24.1. The molecule has 0 aromatic carbocycles. The lowest BCUT2D eigenvalue weighted by Gasteiger charge is -2.04. The smallest absolute Gasteiger partial charge is 0.343 e. The first-order valence-corrected chi connectivity index (χ1v) is 4.56.